The van der Waals surface area contributed by atoms with Crippen molar-refractivity contribution in [2.24, 2.45) is 0 Å². The Labute approximate surface area is 184 Å². The van der Waals surface area contributed by atoms with E-state index in [1.54, 1.807) is 0 Å². The van der Waals surface area contributed by atoms with Gasteiger partial charge in [0.1, 0.15) is 0 Å². The Kier molecular flexibility index (Phi) is 9.02. The van der Waals surface area contributed by atoms with Crippen molar-refractivity contribution in [3.8, 4) is 11.5 Å². The number of carbonyl (C=O) groups excluding carboxylic acids is 1. The van der Waals surface area contributed by atoms with Crippen molar-refractivity contribution in [2.75, 3.05) is 13.3 Å². The molecule has 1 aliphatic rings. The van der Waals surface area contributed by atoms with Gasteiger partial charge in [0, 0.05) is 4.88 Å². The number of ether oxygens (including phenoxy) is 2. The Bertz CT molecular complexity index is 779. The highest BCUT2D eigenvalue weighted by molar-refractivity contribution is 7.09. The summed E-state index contributed by atoms with van der Waals surface area (Å²) in [5, 5.41) is 8.88. The first kappa shape index (κ1) is 22.6. The van der Waals surface area contributed by atoms with Crippen LogP contribution in [0.3, 0.4) is 0 Å². The zero-order valence-electron chi connectivity index (χ0n) is 18.1. The van der Waals surface area contributed by atoms with Crippen LogP contribution in [0.1, 0.15) is 68.9 Å². The summed E-state index contributed by atoms with van der Waals surface area (Å²) in [7, 11) is 0. The zero-order valence-corrected chi connectivity index (χ0v) is 18.9. The average Bonchev–Trinajstić information content (AvgIpc) is 3.45. The maximum atomic E-state index is 13.0. The van der Waals surface area contributed by atoms with Crippen molar-refractivity contribution in [1.29, 1.82) is 0 Å². The van der Waals surface area contributed by atoms with E-state index in [1.807, 2.05) is 29.5 Å². The third-order valence-electron chi connectivity index (χ3n) is 5.51. The van der Waals surface area contributed by atoms with Crippen LogP contribution in [0.25, 0.3) is 0 Å². The van der Waals surface area contributed by atoms with Crippen LogP contribution in [-0.2, 0) is 11.2 Å². The molecule has 0 saturated heterocycles. The minimum absolute atomic E-state index is 0.0308. The van der Waals surface area contributed by atoms with Gasteiger partial charge in [-0.25, -0.2) is 0 Å². The number of thiophene rings is 1. The molecule has 30 heavy (non-hydrogen) atoms. The lowest BCUT2D eigenvalue weighted by Gasteiger charge is -2.23. The Morgan fingerprint density at radius 1 is 1.13 bits per heavy atom. The van der Waals surface area contributed by atoms with Gasteiger partial charge in [-0.3, -0.25) is 4.79 Å². The van der Waals surface area contributed by atoms with Gasteiger partial charge in [0.2, 0.25) is 12.7 Å². The van der Waals surface area contributed by atoms with E-state index in [1.165, 1.54) is 4.88 Å². The van der Waals surface area contributed by atoms with Crippen LogP contribution >= 0.6 is 11.3 Å². The highest BCUT2D eigenvalue weighted by atomic mass is 32.1. The third kappa shape index (κ3) is 6.47. The van der Waals surface area contributed by atoms with Gasteiger partial charge in [-0.1, -0.05) is 38.8 Å². The second-order valence-electron chi connectivity index (χ2n) is 7.77. The van der Waals surface area contributed by atoms with Crippen molar-refractivity contribution in [1.82, 2.24) is 10.6 Å². The van der Waals surface area contributed by atoms with Crippen LogP contribution in [0.5, 0.6) is 11.5 Å². The first-order chi connectivity index (χ1) is 14.7. The number of rotatable bonds is 13. The van der Waals surface area contributed by atoms with Crippen molar-refractivity contribution in [3.63, 3.8) is 0 Å². The molecule has 2 heterocycles. The Balaban J connectivity index is 1.51. The number of carbonyl (C=O) groups is 1. The van der Waals surface area contributed by atoms with Crippen LogP contribution in [0.4, 0.5) is 0 Å². The normalized spacial score (nSPS) is 14.5. The van der Waals surface area contributed by atoms with E-state index in [0.29, 0.717) is 0 Å². The second-order valence-corrected chi connectivity index (χ2v) is 8.80. The molecular formula is C24H34N2O3S. The molecular weight excluding hydrogens is 396 g/mol. The van der Waals surface area contributed by atoms with E-state index in [2.05, 4.69) is 42.0 Å². The van der Waals surface area contributed by atoms with E-state index in [-0.39, 0.29) is 24.8 Å². The standard InChI is InChI=1S/C24H34N2O3S/c1-3-5-11-21(25-14-7-6-9-19-10-8-15-30-19)24(27)26-20(4-2)18-12-13-22-23(16-18)29-17-28-22/h8,10,12-13,15-16,20-21,25H,3-7,9,11,14,17H2,1-2H3,(H,26,27)/t20-,21-/m0/s1. The number of nitrogens with one attached hydrogen (secondary N) is 2. The molecule has 1 aliphatic heterocycles. The summed E-state index contributed by atoms with van der Waals surface area (Å²) in [6.45, 7) is 5.39. The second kappa shape index (κ2) is 12.0. The number of hydrogen-bond donors (Lipinski definition) is 2. The van der Waals surface area contributed by atoms with Gasteiger partial charge in [-0.05, 0) is 67.8 Å². The molecule has 1 amide bonds. The summed E-state index contributed by atoms with van der Waals surface area (Å²) < 4.78 is 10.9. The summed E-state index contributed by atoms with van der Waals surface area (Å²) >= 11 is 1.82. The van der Waals surface area contributed by atoms with E-state index in [4.69, 9.17) is 9.47 Å². The molecule has 2 aromatic rings. The number of aryl methyl sites for hydroxylation is 1. The summed E-state index contributed by atoms with van der Waals surface area (Å²) in [6.07, 6.45) is 7.16. The Hall–Kier alpha value is -2.05. The maximum Gasteiger partial charge on any atom is 0.237 e. The van der Waals surface area contributed by atoms with Gasteiger partial charge in [-0.2, -0.15) is 0 Å². The SMILES string of the molecule is CCCC[C@H](NCCCCc1cccs1)C(=O)N[C@@H](CC)c1ccc2c(c1)OCO2. The molecule has 1 aromatic heterocycles. The average molecular weight is 431 g/mol. The molecule has 0 bridgehead atoms. The van der Waals surface area contributed by atoms with Gasteiger partial charge < -0.3 is 20.1 Å². The fourth-order valence-electron chi connectivity index (χ4n) is 3.71. The van der Waals surface area contributed by atoms with E-state index < -0.39 is 0 Å². The lowest BCUT2D eigenvalue weighted by Crippen LogP contribution is -2.45. The predicted molar refractivity (Wildman–Crippen MR) is 122 cm³/mol. The summed E-state index contributed by atoms with van der Waals surface area (Å²) in [6, 6.07) is 10.0. The predicted octanol–water partition coefficient (Wildman–Crippen LogP) is 5.22. The van der Waals surface area contributed by atoms with E-state index >= 15 is 0 Å². The molecule has 0 spiro atoms. The molecule has 164 valence electrons. The van der Waals surface area contributed by atoms with Crippen LogP contribution in [0.15, 0.2) is 35.7 Å². The molecule has 2 N–H and O–H groups in total. The first-order valence-corrected chi connectivity index (χ1v) is 12.0. The number of hydrogen-bond acceptors (Lipinski definition) is 5. The molecule has 0 saturated carbocycles. The molecule has 6 heteroatoms. The van der Waals surface area contributed by atoms with Crippen LogP contribution < -0.4 is 20.1 Å². The fourth-order valence-corrected chi connectivity index (χ4v) is 4.46. The molecule has 0 radical (unpaired) electrons. The highest BCUT2D eigenvalue weighted by Crippen LogP contribution is 2.34. The topological polar surface area (TPSA) is 59.6 Å². The quantitative estimate of drug-likeness (QED) is 0.428. The lowest BCUT2D eigenvalue weighted by molar-refractivity contribution is -0.124. The van der Waals surface area contributed by atoms with Gasteiger partial charge in [0.15, 0.2) is 11.5 Å². The minimum atomic E-state index is -0.144. The number of fused-ring (bicyclic) bond motifs is 1. The number of unbranched alkanes of at least 4 members (excludes halogenated alkanes) is 2. The fraction of sp³-hybridized carbons (Fsp3) is 0.542. The number of benzene rings is 1. The molecule has 3 rings (SSSR count). The monoisotopic (exact) mass is 430 g/mol. The van der Waals surface area contributed by atoms with Gasteiger partial charge in [0.05, 0.1) is 12.1 Å². The Morgan fingerprint density at radius 3 is 2.77 bits per heavy atom. The van der Waals surface area contributed by atoms with Gasteiger partial charge in [0.25, 0.3) is 0 Å². The van der Waals surface area contributed by atoms with Gasteiger partial charge in [-0.15, -0.1) is 11.3 Å². The largest absolute Gasteiger partial charge is 0.454 e. The van der Waals surface area contributed by atoms with Crippen molar-refractivity contribution < 1.29 is 14.3 Å². The number of amides is 1. The Morgan fingerprint density at radius 2 is 2.00 bits per heavy atom. The highest BCUT2D eigenvalue weighted by Gasteiger charge is 2.22. The van der Waals surface area contributed by atoms with Crippen LogP contribution in [0, 0.1) is 0 Å². The minimum Gasteiger partial charge on any atom is -0.454 e. The molecule has 1 aromatic carbocycles. The van der Waals surface area contributed by atoms with Crippen molar-refractivity contribution in [2.45, 2.75) is 70.9 Å². The zero-order chi connectivity index (χ0) is 21.2. The molecule has 0 fully saturated rings. The van der Waals surface area contributed by atoms with E-state index in [0.717, 1.165) is 68.6 Å². The lowest BCUT2D eigenvalue weighted by atomic mass is 10.0. The molecule has 0 aliphatic carbocycles. The first-order valence-electron chi connectivity index (χ1n) is 11.2. The summed E-state index contributed by atoms with van der Waals surface area (Å²) in [5.74, 6) is 1.61. The van der Waals surface area contributed by atoms with Gasteiger partial charge >= 0.3 is 0 Å². The van der Waals surface area contributed by atoms with E-state index in [9.17, 15) is 4.79 Å². The van der Waals surface area contributed by atoms with Crippen LogP contribution in [0.2, 0.25) is 0 Å². The summed E-state index contributed by atoms with van der Waals surface area (Å²) in [4.78, 5) is 14.5. The third-order valence-corrected chi connectivity index (χ3v) is 6.44. The molecule has 5 nitrogen and oxygen atoms in total. The molecule has 0 unspecified atom stereocenters. The van der Waals surface area contributed by atoms with Crippen molar-refractivity contribution in [3.05, 3.63) is 46.2 Å². The van der Waals surface area contributed by atoms with Crippen LogP contribution in [-0.4, -0.2) is 25.3 Å². The van der Waals surface area contributed by atoms with Crippen molar-refractivity contribution >= 4 is 17.2 Å². The smallest absolute Gasteiger partial charge is 0.237 e. The summed E-state index contributed by atoms with van der Waals surface area (Å²) in [5.41, 5.74) is 1.06. The molecule has 2 atom stereocenters. The maximum absolute atomic E-state index is 13.0.